The summed E-state index contributed by atoms with van der Waals surface area (Å²) in [6, 6.07) is 15.0. The van der Waals surface area contributed by atoms with Crippen molar-refractivity contribution in [3.63, 3.8) is 0 Å². The van der Waals surface area contributed by atoms with Crippen molar-refractivity contribution in [3.8, 4) is 5.75 Å². The average molecular weight is 491 g/mol. The third kappa shape index (κ3) is 7.54. The molecule has 0 aliphatic carbocycles. The summed E-state index contributed by atoms with van der Waals surface area (Å²) >= 11 is 14.2. The van der Waals surface area contributed by atoms with Crippen LogP contribution in [0.1, 0.15) is 36.5 Å². The zero-order valence-electron chi connectivity index (χ0n) is 17.0. The van der Waals surface area contributed by atoms with Crippen LogP contribution >= 0.6 is 46.9 Å². The van der Waals surface area contributed by atoms with Gasteiger partial charge in [0.25, 0.3) is 5.91 Å². The number of anilines is 1. The van der Waals surface area contributed by atoms with Crippen molar-refractivity contribution in [3.05, 3.63) is 69.9 Å². The number of amides is 1. The fourth-order valence-electron chi connectivity index (χ4n) is 2.67. The van der Waals surface area contributed by atoms with Gasteiger partial charge < -0.3 is 10.1 Å². The van der Waals surface area contributed by atoms with Gasteiger partial charge in [-0.25, -0.2) is 0 Å². The van der Waals surface area contributed by atoms with E-state index in [4.69, 9.17) is 28.6 Å². The fraction of sp³-hybridized carbons (Fsp3) is 0.217. The molecule has 1 aromatic heterocycles. The monoisotopic (exact) mass is 490 g/mol. The second-order valence-corrected chi connectivity index (χ2v) is 9.40. The Morgan fingerprint density at radius 1 is 1.10 bits per heavy atom. The van der Waals surface area contributed by atoms with E-state index in [9.17, 15) is 4.79 Å². The van der Waals surface area contributed by atoms with Gasteiger partial charge in [-0.2, -0.15) is 11.3 Å². The van der Waals surface area contributed by atoms with E-state index in [0.29, 0.717) is 17.2 Å². The number of benzene rings is 2. The minimum atomic E-state index is -0.244. The number of ether oxygens (including phenoxy) is 1. The van der Waals surface area contributed by atoms with E-state index in [1.807, 2.05) is 59.3 Å². The summed E-state index contributed by atoms with van der Waals surface area (Å²) in [5.41, 5.74) is 1.37. The Morgan fingerprint density at radius 3 is 2.55 bits per heavy atom. The predicted molar refractivity (Wildman–Crippen MR) is 135 cm³/mol. The Balaban J connectivity index is 1.52. The summed E-state index contributed by atoms with van der Waals surface area (Å²) in [7, 11) is 0. The predicted octanol–water partition coefficient (Wildman–Crippen LogP) is 7.25. The Bertz CT molecular complexity index is 1000. The largest absolute Gasteiger partial charge is 0.494 e. The zero-order chi connectivity index (χ0) is 22.1. The second-order valence-electron chi connectivity index (χ2n) is 6.69. The minimum Gasteiger partial charge on any atom is -0.494 e. The Labute approximate surface area is 201 Å². The summed E-state index contributed by atoms with van der Waals surface area (Å²) in [6.07, 6.45) is 3.38. The van der Waals surface area contributed by atoms with Crippen molar-refractivity contribution in [2.24, 2.45) is 0 Å². The van der Waals surface area contributed by atoms with E-state index in [2.05, 4.69) is 17.6 Å². The van der Waals surface area contributed by atoms with Gasteiger partial charge in [0, 0.05) is 31.3 Å². The highest BCUT2D eigenvalue weighted by molar-refractivity contribution is 7.99. The molecule has 0 aliphatic heterocycles. The topological polar surface area (TPSA) is 50.4 Å². The van der Waals surface area contributed by atoms with Crippen molar-refractivity contribution < 1.29 is 9.53 Å². The molecule has 4 nitrogen and oxygen atoms in total. The van der Waals surface area contributed by atoms with E-state index in [0.717, 1.165) is 34.1 Å². The van der Waals surface area contributed by atoms with Crippen LogP contribution in [0, 0.1) is 0 Å². The van der Waals surface area contributed by atoms with E-state index < -0.39 is 0 Å². The molecule has 3 aromatic rings. The summed E-state index contributed by atoms with van der Waals surface area (Å²) in [6.45, 7) is 2.88. The molecule has 3 rings (SSSR count). The normalized spacial score (nSPS) is 10.5. The van der Waals surface area contributed by atoms with Crippen molar-refractivity contribution in [1.29, 1.82) is 0 Å². The summed E-state index contributed by atoms with van der Waals surface area (Å²) in [5.74, 6) is 0.574. The highest BCUT2D eigenvalue weighted by atomic mass is 35.5. The quantitative estimate of drug-likeness (QED) is 0.244. The first-order valence-corrected chi connectivity index (χ1v) is 12.4. The summed E-state index contributed by atoms with van der Waals surface area (Å²) in [5, 5.41) is 10.5. The molecule has 0 atom stereocenters. The minimum absolute atomic E-state index is 0.244. The number of carbonyl (C=O) groups is 1. The number of nitrogens with one attached hydrogen (secondary N) is 2. The molecule has 0 unspecified atom stereocenters. The molecule has 0 radical (unpaired) electrons. The molecular formula is C23H23ClN2O2S3. The van der Waals surface area contributed by atoms with Gasteiger partial charge in [0.15, 0.2) is 5.11 Å². The number of rotatable bonds is 9. The van der Waals surface area contributed by atoms with Crippen LogP contribution in [0.5, 0.6) is 5.75 Å². The molecule has 2 N–H and O–H groups in total. The lowest BCUT2D eigenvalue weighted by atomic mass is 10.2. The van der Waals surface area contributed by atoms with Gasteiger partial charge in [-0.3, -0.25) is 10.1 Å². The Kier molecular flexibility index (Phi) is 9.21. The van der Waals surface area contributed by atoms with Gasteiger partial charge in [-0.1, -0.05) is 43.1 Å². The average Bonchev–Trinajstić information content (AvgIpc) is 3.22. The van der Waals surface area contributed by atoms with Gasteiger partial charge in [0.1, 0.15) is 5.75 Å². The maximum absolute atomic E-state index is 12.7. The van der Waals surface area contributed by atoms with Crippen molar-refractivity contribution in [2.45, 2.75) is 36.0 Å². The zero-order valence-corrected chi connectivity index (χ0v) is 20.2. The first kappa shape index (κ1) is 23.6. The van der Waals surface area contributed by atoms with Crippen molar-refractivity contribution in [2.75, 3.05) is 11.9 Å². The Morgan fingerprint density at radius 2 is 1.84 bits per heavy atom. The highest BCUT2D eigenvalue weighted by Crippen LogP contribution is 2.33. The first-order valence-electron chi connectivity index (χ1n) is 9.90. The maximum Gasteiger partial charge on any atom is 0.259 e. The van der Waals surface area contributed by atoms with Crippen LogP contribution < -0.4 is 15.4 Å². The molecule has 0 bridgehead atoms. The number of hydrogen-bond donors (Lipinski definition) is 2. The molecule has 2 aromatic carbocycles. The smallest absolute Gasteiger partial charge is 0.259 e. The molecule has 162 valence electrons. The molecule has 1 heterocycles. The fourth-order valence-corrected chi connectivity index (χ4v) is 4.92. The van der Waals surface area contributed by atoms with E-state index in [-0.39, 0.29) is 11.0 Å². The molecule has 0 fully saturated rings. The lowest BCUT2D eigenvalue weighted by Gasteiger charge is -2.11. The molecule has 0 spiro atoms. The molecule has 8 heteroatoms. The van der Waals surface area contributed by atoms with Gasteiger partial charge in [-0.15, -0.1) is 0 Å². The number of unbranched alkanes of at least 4 members (excludes halogenated alkanes) is 2. The van der Waals surface area contributed by atoms with E-state index in [1.165, 1.54) is 29.5 Å². The van der Waals surface area contributed by atoms with Crippen LogP contribution in [0.4, 0.5) is 5.69 Å². The molecule has 0 saturated carbocycles. The number of halogens is 1. The summed E-state index contributed by atoms with van der Waals surface area (Å²) < 4.78 is 5.71. The first-order chi connectivity index (χ1) is 15.0. The maximum atomic E-state index is 12.7. The molecular weight excluding hydrogens is 468 g/mol. The van der Waals surface area contributed by atoms with Crippen LogP contribution in [0.3, 0.4) is 0 Å². The highest BCUT2D eigenvalue weighted by Gasteiger charge is 2.15. The van der Waals surface area contributed by atoms with Gasteiger partial charge in [0.2, 0.25) is 0 Å². The summed E-state index contributed by atoms with van der Waals surface area (Å²) in [4.78, 5) is 14.6. The van der Waals surface area contributed by atoms with Crippen LogP contribution in [0.25, 0.3) is 0 Å². The lowest BCUT2D eigenvalue weighted by Crippen LogP contribution is -2.34. The number of thiophene rings is 1. The van der Waals surface area contributed by atoms with Crippen LogP contribution in [-0.4, -0.2) is 17.6 Å². The van der Waals surface area contributed by atoms with Gasteiger partial charge >= 0.3 is 0 Å². The Hall–Kier alpha value is -2.06. The lowest BCUT2D eigenvalue weighted by molar-refractivity contribution is 0.0975. The van der Waals surface area contributed by atoms with Crippen molar-refractivity contribution >= 4 is 63.6 Å². The van der Waals surface area contributed by atoms with Gasteiger partial charge in [0.05, 0.1) is 12.2 Å². The molecule has 31 heavy (non-hydrogen) atoms. The number of thiocarbonyl (C=S) groups is 1. The van der Waals surface area contributed by atoms with E-state index in [1.54, 1.807) is 0 Å². The van der Waals surface area contributed by atoms with Crippen molar-refractivity contribution in [1.82, 2.24) is 5.32 Å². The molecule has 0 aliphatic rings. The number of hydrogen-bond acceptors (Lipinski definition) is 5. The number of carbonyl (C=O) groups excluding carboxylic acids is 1. The van der Waals surface area contributed by atoms with Crippen LogP contribution in [0.15, 0.2) is 69.1 Å². The third-order valence-electron chi connectivity index (χ3n) is 4.27. The molecule has 1 amide bonds. The van der Waals surface area contributed by atoms with E-state index >= 15 is 0 Å². The SMILES string of the molecule is CCCCCOc1ccc(NC(=S)NC(=O)c2cscc2Sc2ccc(Cl)cc2)cc1. The van der Waals surface area contributed by atoms with Crippen LogP contribution in [-0.2, 0) is 0 Å². The standard InChI is InChI=1S/C23H23ClN2O2S3/c1-2-3-4-13-28-18-9-7-17(8-10-18)25-23(29)26-22(27)20-14-30-15-21(20)31-19-11-5-16(24)6-12-19/h5-12,14-15H,2-4,13H2,1H3,(H2,25,26,27,29). The third-order valence-corrected chi connectivity index (χ3v) is 6.68. The molecule has 0 saturated heterocycles. The van der Waals surface area contributed by atoms with Crippen LogP contribution in [0.2, 0.25) is 5.02 Å². The second kappa shape index (κ2) is 12.1. The van der Waals surface area contributed by atoms with Gasteiger partial charge in [-0.05, 0) is 67.2 Å².